The molecule has 0 bridgehead atoms. The lowest BCUT2D eigenvalue weighted by Crippen LogP contribution is -2.56. The molecule has 1 rings (SSSR count). The van der Waals surface area contributed by atoms with Crippen LogP contribution < -0.4 is 10.1 Å². The average Bonchev–Trinajstić information content (AvgIpc) is 2.92. The number of ketones is 3. The number of ether oxygens (including phenoxy) is 2. The van der Waals surface area contributed by atoms with Gasteiger partial charge in [0, 0.05) is 30.4 Å². The first-order valence-corrected chi connectivity index (χ1v) is 14.3. The first-order chi connectivity index (χ1) is 20.7. The van der Waals surface area contributed by atoms with Gasteiger partial charge in [0.1, 0.15) is 11.5 Å². The predicted molar refractivity (Wildman–Crippen MR) is 143 cm³/mol. The molecule has 0 saturated heterocycles. The van der Waals surface area contributed by atoms with Gasteiger partial charge in [-0.1, -0.05) is 32.1 Å². The number of hydrogen-bond acceptors (Lipinski definition) is 6. The summed E-state index contributed by atoms with van der Waals surface area (Å²) in [4.78, 5) is 36.6. The number of benzene rings is 1. The van der Waals surface area contributed by atoms with Crippen molar-refractivity contribution < 1.29 is 67.8 Å². The molecule has 1 aromatic rings. The molecule has 0 saturated carbocycles. The molecule has 1 N–H and O–H groups in total. The Labute approximate surface area is 254 Å². The van der Waals surface area contributed by atoms with Gasteiger partial charge in [0.15, 0.2) is 11.6 Å². The van der Waals surface area contributed by atoms with E-state index in [4.69, 9.17) is 0 Å². The Kier molecular flexibility index (Phi) is 15.9. The maximum Gasteiger partial charge on any atom is 0.462 e. The number of Topliss-reactive ketones (excluding diaryl/α,β-unsaturated/α-hetero) is 3. The van der Waals surface area contributed by atoms with E-state index in [1.165, 1.54) is 6.92 Å². The van der Waals surface area contributed by atoms with Gasteiger partial charge in [-0.05, 0) is 64.4 Å². The van der Waals surface area contributed by atoms with Gasteiger partial charge in [-0.3, -0.25) is 14.3 Å². The van der Waals surface area contributed by atoms with Gasteiger partial charge in [-0.25, -0.2) is 4.39 Å². The third-order valence-corrected chi connectivity index (χ3v) is 6.55. The van der Waals surface area contributed by atoms with E-state index in [1.54, 1.807) is 7.05 Å². The molecule has 1 unspecified atom stereocenters. The monoisotopic (exact) mass is 669 g/mol. The van der Waals surface area contributed by atoms with Crippen LogP contribution in [0.1, 0.15) is 105 Å². The van der Waals surface area contributed by atoms with E-state index in [-0.39, 0.29) is 29.8 Å². The molecule has 0 spiro atoms. The summed E-state index contributed by atoms with van der Waals surface area (Å²) in [5, 5.41) is 2.98. The highest BCUT2D eigenvalue weighted by molar-refractivity contribution is 6.02. The minimum atomic E-state index is -7.04. The Morgan fingerprint density at radius 1 is 0.711 bits per heavy atom. The molecule has 0 aliphatic heterocycles. The molecule has 0 heterocycles. The molecule has 0 aromatic heterocycles. The van der Waals surface area contributed by atoms with Gasteiger partial charge in [-0.2, -0.15) is 39.5 Å². The molecule has 0 aliphatic carbocycles. The standard InChI is InChI=1S/C29H37F10NO5/c1-19(41)12-8-5-6-10-14-24(43)21-16-20(23(42)13-9-4-3-7-11-15-40-2)17-22(18-21)44-26(31,32)25(30)45-29(38,39)27(33,34)28(35,36)37/h16-18,25,40H,3-15H2,1-2H3. The first kappa shape index (κ1) is 40.3. The van der Waals surface area contributed by atoms with Crippen LogP contribution in [0, 0.1) is 0 Å². The molecule has 45 heavy (non-hydrogen) atoms. The summed E-state index contributed by atoms with van der Waals surface area (Å²) in [6, 6.07) is 2.33. The van der Waals surface area contributed by atoms with Crippen molar-refractivity contribution in [1.82, 2.24) is 5.32 Å². The third kappa shape index (κ3) is 13.3. The summed E-state index contributed by atoms with van der Waals surface area (Å²) in [6.07, 6.45) is -18.4. The molecule has 1 aromatic carbocycles. The Morgan fingerprint density at radius 2 is 1.16 bits per heavy atom. The molecule has 16 heteroatoms. The lowest BCUT2D eigenvalue weighted by Gasteiger charge is -2.30. The Bertz CT molecular complexity index is 1110. The Hall–Kier alpha value is -2.75. The maximum absolute atomic E-state index is 14.4. The van der Waals surface area contributed by atoms with Crippen LogP contribution in [0.4, 0.5) is 43.9 Å². The second kappa shape index (κ2) is 17.8. The number of halogens is 10. The molecule has 0 fully saturated rings. The van der Waals surface area contributed by atoms with Gasteiger partial charge >= 0.3 is 30.7 Å². The topological polar surface area (TPSA) is 81.7 Å². The van der Waals surface area contributed by atoms with E-state index in [1.807, 2.05) is 0 Å². The van der Waals surface area contributed by atoms with E-state index in [0.717, 1.165) is 31.9 Å². The quantitative estimate of drug-likeness (QED) is 0.0714. The van der Waals surface area contributed by atoms with Gasteiger partial charge in [-0.15, -0.1) is 0 Å². The van der Waals surface area contributed by atoms with Gasteiger partial charge in [0.05, 0.1) is 0 Å². The Balaban J connectivity index is 3.13. The number of nitrogens with one attached hydrogen (secondary N) is 1. The second-order valence-electron chi connectivity index (χ2n) is 10.5. The summed E-state index contributed by atoms with van der Waals surface area (Å²) in [6.45, 7) is 2.23. The summed E-state index contributed by atoms with van der Waals surface area (Å²) < 4.78 is 139. The van der Waals surface area contributed by atoms with Crippen LogP contribution in [0.3, 0.4) is 0 Å². The average molecular weight is 670 g/mol. The fraction of sp³-hybridized carbons (Fsp3) is 0.690. The highest BCUT2D eigenvalue weighted by Crippen LogP contribution is 2.48. The zero-order valence-corrected chi connectivity index (χ0v) is 24.8. The van der Waals surface area contributed by atoms with Crippen molar-refractivity contribution in [1.29, 1.82) is 0 Å². The fourth-order valence-corrected chi connectivity index (χ4v) is 4.04. The van der Waals surface area contributed by atoms with E-state index in [9.17, 15) is 58.3 Å². The zero-order chi connectivity index (χ0) is 34.5. The van der Waals surface area contributed by atoms with Crippen LogP contribution in [0.15, 0.2) is 18.2 Å². The Morgan fingerprint density at radius 3 is 1.60 bits per heavy atom. The third-order valence-electron chi connectivity index (χ3n) is 6.55. The smallest absolute Gasteiger partial charge is 0.428 e. The number of hydrogen-bond donors (Lipinski definition) is 1. The van der Waals surface area contributed by atoms with Crippen molar-refractivity contribution in [3.8, 4) is 5.75 Å². The fourth-order valence-electron chi connectivity index (χ4n) is 4.04. The SMILES string of the molecule is CNCCCCCCCC(=O)c1cc(OC(F)(F)C(F)OC(F)(F)C(F)(F)C(F)(F)F)cc(C(=O)CCCCCCC(C)=O)c1. The highest BCUT2D eigenvalue weighted by Gasteiger charge is 2.76. The number of unbranched alkanes of at least 4 members (excludes halogenated alkanes) is 7. The van der Waals surface area contributed by atoms with Crippen LogP contribution >= 0.6 is 0 Å². The van der Waals surface area contributed by atoms with Gasteiger partial charge in [0.25, 0.3) is 0 Å². The normalized spacial score (nSPS) is 13.5. The maximum atomic E-state index is 14.4. The summed E-state index contributed by atoms with van der Waals surface area (Å²) in [7, 11) is 1.80. The molecule has 0 aliphatic rings. The highest BCUT2D eigenvalue weighted by atomic mass is 19.4. The van der Waals surface area contributed by atoms with Crippen molar-refractivity contribution in [2.24, 2.45) is 0 Å². The summed E-state index contributed by atoms with van der Waals surface area (Å²) in [5.41, 5.74) is -0.693. The van der Waals surface area contributed by atoms with Crippen LogP contribution in [0.2, 0.25) is 0 Å². The first-order valence-electron chi connectivity index (χ1n) is 14.3. The number of alkyl halides is 10. The van der Waals surface area contributed by atoms with Crippen LogP contribution in [0.25, 0.3) is 0 Å². The minimum Gasteiger partial charge on any atom is -0.428 e. The van der Waals surface area contributed by atoms with Crippen molar-refractivity contribution in [2.75, 3.05) is 13.6 Å². The van der Waals surface area contributed by atoms with Crippen LogP contribution in [0.5, 0.6) is 5.75 Å². The van der Waals surface area contributed by atoms with Crippen molar-refractivity contribution >= 4 is 17.3 Å². The molecular weight excluding hydrogens is 632 g/mol. The summed E-state index contributed by atoms with van der Waals surface area (Å²) >= 11 is 0. The van der Waals surface area contributed by atoms with E-state index < -0.39 is 48.0 Å². The van der Waals surface area contributed by atoms with Crippen molar-refractivity contribution in [3.63, 3.8) is 0 Å². The zero-order valence-electron chi connectivity index (χ0n) is 24.8. The number of carbonyl (C=O) groups excluding carboxylic acids is 3. The van der Waals surface area contributed by atoms with Gasteiger partial charge < -0.3 is 14.8 Å². The van der Waals surface area contributed by atoms with Crippen molar-refractivity contribution in [3.05, 3.63) is 29.3 Å². The number of rotatable bonds is 23. The van der Waals surface area contributed by atoms with Crippen LogP contribution in [-0.2, 0) is 9.53 Å². The van der Waals surface area contributed by atoms with Crippen LogP contribution in [-0.4, -0.2) is 61.6 Å². The molecule has 1 atom stereocenters. The van der Waals surface area contributed by atoms with E-state index in [2.05, 4.69) is 14.8 Å². The van der Waals surface area contributed by atoms with Crippen molar-refractivity contribution in [2.45, 2.75) is 115 Å². The molecular formula is C29H37F10NO5. The minimum absolute atomic E-state index is 0.00983. The molecule has 6 nitrogen and oxygen atoms in total. The lowest BCUT2D eigenvalue weighted by atomic mass is 9.98. The molecule has 0 radical (unpaired) electrons. The molecule has 258 valence electrons. The largest absolute Gasteiger partial charge is 0.462 e. The predicted octanol–water partition coefficient (Wildman–Crippen LogP) is 8.62. The number of carbonyl (C=O) groups is 3. The van der Waals surface area contributed by atoms with E-state index in [0.29, 0.717) is 57.1 Å². The summed E-state index contributed by atoms with van der Waals surface area (Å²) in [5.74, 6) is -9.48. The van der Waals surface area contributed by atoms with E-state index >= 15 is 0 Å². The second-order valence-corrected chi connectivity index (χ2v) is 10.5. The lowest BCUT2D eigenvalue weighted by molar-refractivity contribution is -0.460. The molecule has 0 amide bonds. The van der Waals surface area contributed by atoms with Gasteiger partial charge in [0.2, 0.25) is 0 Å².